The van der Waals surface area contributed by atoms with Crippen molar-refractivity contribution >= 4 is 5.97 Å². The number of esters is 1. The van der Waals surface area contributed by atoms with Crippen LogP contribution < -0.4 is 4.74 Å². The van der Waals surface area contributed by atoms with E-state index in [-0.39, 0.29) is 17.0 Å². The summed E-state index contributed by atoms with van der Waals surface area (Å²) in [6.45, 7) is 10.8. The highest BCUT2D eigenvalue weighted by molar-refractivity contribution is 5.89. The van der Waals surface area contributed by atoms with E-state index in [4.69, 9.17) is 9.47 Å². The highest BCUT2D eigenvalue weighted by Crippen LogP contribution is 2.44. The molecule has 0 radical (unpaired) electrons. The van der Waals surface area contributed by atoms with Gasteiger partial charge in [0, 0.05) is 17.3 Å². The molecule has 2 heterocycles. The summed E-state index contributed by atoms with van der Waals surface area (Å²) in [4.78, 5) is 15.9. The number of hydrogen-bond donors (Lipinski definition) is 0. The van der Waals surface area contributed by atoms with E-state index in [9.17, 15) is 4.79 Å². The zero-order valence-corrected chi connectivity index (χ0v) is 16.6. The normalized spacial score (nSPS) is 16.3. The van der Waals surface area contributed by atoms with Gasteiger partial charge >= 0.3 is 5.97 Å². The summed E-state index contributed by atoms with van der Waals surface area (Å²) in [6.07, 6.45) is 2.46. The molecule has 3 rings (SSSR count). The molecule has 27 heavy (non-hydrogen) atoms. The first-order valence-electron chi connectivity index (χ1n) is 9.19. The maximum atomic E-state index is 11.7. The van der Waals surface area contributed by atoms with Crippen molar-refractivity contribution in [2.45, 2.75) is 52.1 Å². The Morgan fingerprint density at radius 1 is 1.19 bits per heavy atom. The maximum Gasteiger partial charge on any atom is 0.339 e. The molecule has 0 unspecified atom stereocenters. The molecule has 4 nitrogen and oxygen atoms in total. The number of carbonyl (C=O) groups excluding carboxylic acids is 1. The van der Waals surface area contributed by atoms with Gasteiger partial charge in [0.05, 0.1) is 12.2 Å². The lowest BCUT2D eigenvalue weighted by atomic mass is 9.73. The van der Waals surface area contributed by atoms with E-state index < -0.39 is 0 Å². The molecule has 0 saturated carbocycles. The molecule has 1 aliphatic heterocycles. The zero-order valence-electron chi connectivity index (χ0n) is 16.6. The van der Waals surface area contributed by atoms with Crippen LogP contribution in [-0.2, 0) is 10.2 Å². The van der Waals surface area contributed by atoms with Crippen LogP contribution in [0.15, 0.2) is 36.5 Å². The Bertz CT molecular complexity index is 915. The second-order valence-corrected chi connectivity index (χ2v) is 8.04. The van der Waals surface area contributed by atoms with E-state index in [0.717, 1.165) is 17.7 Å². The van der Waals surface area contributed by atoms with Gasteiger partial charge in [0.15, 0.2) is 0 Å². The summed E-state index contributed by atoms with van der Waals surface area (Å²) in [7, 11) is 0. The molecular weight excluding hydrogens is 338 g/mol. The van der Waals surface area contributed by atoms with Crippen molar-refractivity contribution in [3.8, 4) is 17.6 Å². The second-order valence-electron chi connectivity index (χ2n) is 8.04. The average Bonchev–Trinajstić information content (AvgIpc) is 2.58. The third kappa shape index (κ3) is 4.31. The Morgan fingerprint density at radius 2 is 1.96 bits per heavy atom. The molecule has 0 saturated heterocycles. The molecule has 2 aromatic rings. The highest BCUT2D eigenvalue weighted by Gasteiger charge is 2.38. The van der Waals surface area contributed by atoms with Gasteiger partial charge in [0.25, 0.3) is 0 Å². The molecule has 0 bridgehead atoms. The van der Waals surface area contributed by atoms with Crippen molar-refractivity contribution in [2.75, 3.05) is 6.61 Å². The van der Waals surface area contributed by atoms with Crippen LogP contribution in [0.25, 0.3) is 0 Å². The predicted molar refractivity (Wildman–Crippen MR) is 105 cm³/mol. The van der Waals surface area contributed by atoms with Gasteiger partial charge in [-0.2, -0.15) is 0 Å². The van der Waals surface area contributed by atoms with Gasteiger partial charge in [0.1, 0.15) is 17.0 Å². The van der Waals surface area contributed by atoms with Crippen LogP contribution in [0.1, 0.15) is 68.2 Å². The van der Waals surface area contributed by atoms with Gasteiger partial charge in [-0.05, 0) is 62.8 Å². The Balaban J connectivity index is 1.83. The molecule has 0 aliphatic carbocycles. The van der Waals surface area contributed by atoms with Gasteiger partial charge in [-0.3, -0.25) is 0 Å². The molecule has 0 fully saturated rings. The number of hydrogen-bond acceptors (Lipinski definition) is 4. The van der Waals surface area contributed by atoms with E-state index >= 15 is 0 Å². The monoisotopic (exact) mass is 363 g/mol. The van der Waals surface area contributed by atoms with E-state index in [1.807, 2.05) is 12.1 Å². The summed E-state index contributed by atoms with van der Waals surface area (Å²) in [6, 6.07) is 9.52. The van der Waals surface area contributed by atoms with Crippen LogP contribution in [0.4, 0.5) is 0 Å². The fraction of sp³-hybridized carbons (Fsp3) is 0.391. The predicted octanol–water partition coefficient (Wildman–Crippen LogP) is 4.50. The number of pyridine rings is 1. The Labute approximate surface area is 160 Å². The zero-order chi connectivity index (χ0) is 19.7. The molecule has 1 aliphatic rings. The number of fused-ring (bicyclic) bond motifs is 1. The van der Waals surface area contributed by atoms with Crippen LogP contribution in [-0.4, -0.2) is 23.2 Å². The number of rotatable bonds is 2. The van der Waals surface area contributed by atoms with Gasteiger partial charge in [-0.25, -0.2) is 9.78 Å². The van der Waals surface area contributed by atoms with Crippen molar-refractivity contribution in [3.05, 3.63) is 58.9 Å². The first-order chi connectivity index (χ1) is 12.7. The number of carbonyl (C=O) groups is 1. The minimum Gasteiger partial charge on any atom is -0.487 e. The fourth-order valence-electron chi connectivity index (χ4n) is 3.68. The lowest BCUT2D eigenvalue weighted by Crippen LogP contribution is -2.41. The smallest absolute Gasteiger partial charge is 0.339 e. The summed E-state index contributed by atoms with van der Waals surface area (Å²) in [5.74, 6) is 6.69. The van der Waals surface area contributed by atoms with Crippen LogP contribution in [0.5, 0.6) is 5.75 Å². The Hall–Kier alpha value is -2.80. The van der Waals surface area contributed by atoms with E-state index in [1.54, 1.807) is 19.1 Å². The third-order valence-corrected chi connectivity index (χ3v) is 4.57. The fourth-order valence-corrected chi connectivity index (χ4v) is 3.68. The van der Waals surface area contributed by atoms with Gasteiger partial charge in [-0.15, -0.1) is 0 Å². The van der Waals surface area contributed by atoms with Gasteiger partial charge in [0.2, 0.25) is 0 Å². The van der Waals surface area contributed by atoms with Crippen LogP contribution in [0.3, 0.4) is 0 Å². The van der Waals surface area contributed by atoms with E-state index in [0.29, 0.717) is 17.9 Å². The molecule has 1 aromatic heterocycles. The summed E-state index contributed by atoms with van der Waals surface area (Å²) < 4.78 is 11.1. The van der Waals surface area contributed by atoms with Crippen molar-refractivity contribution < 1.29 is 14.3 Å². The molecule has 4 heteroatoms. The Kier molecular flexibility index (Phi) is 4.97. The lowest BCUT2D eigenvalue weighted by Gasteiger charge is -2.42. The number of nitrogens with zero attached hydrogens (tertiary/aromatic N) is 1. The quantitative estimate of drug-likeness (QED) is 0.582. The van der Waals surface area contributed by atoms with Crippen molar-refractivity contribution in [2.24, 2.45) is 0 Å². The Morgan fingerprint density at radius 3 is 2.63 bits per heavy atom. The minimum absolute atomic E-state index is 0.0630. The van der Waals surface area contributed by atoms with Crippen molar-refractivity contribution in [1.82, 2.24) is 4.98 Å². The molecular formula is C23H25NO3. The summed E-state index contributed by atoms with van der Waals surface area (Å²) >= 11 is 0. The highest BCUT2D eigenvalue weighted by atomic mass is 16.5. The molecule has 0 amide bonds. The summed E-state index contributed by atoms with van der Waals surface area (Å²) in [5, 5.41) is 0. The van der Waals surface area contributed by atoms with Crippen LogP contribution >= 0.6 is 0 Å². The number of aromatic nitrogens is 1. The van der Waals surface area contributed by atoms with E-state index in [1.165, 1.54) is 11.8 Å². The van der Waals surface area contributed by atoms with Crippen molar-refractivity contribution in [1.29, 1.82) is 0 Å². The standard InChI is InChI=1S/C23H25NO3/c1-6-26-21(25)17-9-11-18(24-14-17)10-7-16-8-12-19-20(13-16)27-23(4,5)15-22(19,2)3/h8-9,11-14H,6,15H2,1-5H3. The van der Waals surface area contributed by atoms with Crippen molar-refractivity contribution in [3.63, 3.8) is 0 Å². The van der Waals surface area contributed by atoms with Gasteiger partial charge < -0.3 is 9.47 Å². The first kappa shape index (κ1) is 19.0. The average molecular weight is 363 g/mol. The minimum atomic E-state index is -0.374. The molecule has 140 valence electrons. The largest absolute Gasteiger partial charge is 0.487 e. The molecule has 1 aromatic carbocycles. The van der Waals surface area contributed by atoms with Crippen LogP contribution in [0.2, 0.25) is 0 Å². The number of ether oxygens (including phenoxy) is 2. The first-order valence-corrected chi connectivity index (χ1v) is 9.19. The third-order valence-electron chi connectivity index (χ3n) is 4.57. The summed E-state index contributed by atoms with van der Waals surface area (Å²) in [5.41, 5.74) is 2.97. The number of benzene rings is 1. The second kappa shape index (κ2) is 7.08. The van der Waals surface area contributed by atoms with Gasteiger partial charge in [-0.1, -0.05) is 25.8 Å². The molecule has 0 atom stereocenters. The SMILES string of the molecule is CCOC(=O)c1ccc(C#Cc2ccc3c(c2)OC(C)(C)CC3(C)C)nc1. The van der Waals surface area contributed by atoms with Crippen LogP contribution in [0, 0.1) is 11.8 Å². The molecule has 0 N–H and O–H groups in total. The molecule has 0 spiro atoms. The lowest BCUT2D eigenvalue weighted by molar-refractivity contribution is 0.0521. The topological polar surface area (TPSA) is 48.4 Å². The maximum absolute atomic E-state index is 11.7. The van der Waals surface area contributed by atoms with E-state index in [2.05, 4.69) is 50.6 Å².